The zero-order valence-electron chi connectivity index (χ0n) is 18.1. The van der Waals surface area contributed by atoms with Crippen LogP contribution in [0.2, 0.25) is 0 Å². The van der Waals surface area contributed by atoms with Gasteiger partial charge in [-0.25, -0.2) is 0 Å². The van der Waals surface area contributed by atoms with Gasteiger partial charge in [-0.05, 0) is 52.8 Å². The smallest absolute Gasteiger partial charge is 0.276 e. The van der Waals surface area contributed by atoms with Gasteiger partial charge < -0.3 is 4.74 Å². The van der Waals surface area contributed by atoms with Crippen LogP contribution in [-0.2, 0) is 10.2 Å². The van der Waals surface area contributed by atoms with Crippen LogP contribution in [0.5, 0.6) is 5.75 Å². The average molecular weight is 417 g/mol. The molecular weight excluding hydrogens is 388 g/mol. The maximum Gasteiger partial charge on any atom is 0.276 e. The molecule has 0 spiro atoms. The lowest BCUT2D eigenvalue weighted by Crippen LogP contribution is -2.43. The number of carbonyl (C=O) groups is 2. The number of rotatable bonds is 7. The van der Waals surface area contributed by atoms with E-state index in [4.69, 9.17) is 4.74 Å². The van der Waals surface area contributed by atoms with E-state index in [1.54, 1.807) is 12.1 Å². The summed E-state index contributed by atoms with van der Waals surface area (Å²) in [4.78, 5) is 24.3. The molecule has 160 valence electrons. The van der Waals surface area contributed by atoms with Crippen molar-refractivity contribution in [2.24, 2.45) is 0 Å². The van der Waals surface area contributed by atoms with Crippen molar-refractivity contribution in [1.82, 2.24) is 10.9 Å². The third-order valence-electron chi connectivity index (χ3n) is 5.46. The lowest BCUT2D eigenvalue weighted by Gasteiger charge is -2.23. The van der Waals surface area contributed by atoms with Crippen LogP contribution in [0.25, 0.3) is 11.1 Å². The Labute approximate surface area is 183 Å². The van der Waals surface area contributed by atoms with Crippen molar-refractivity contribution in [1.29, 1.82) is 0 Å². The van der Waals surface area contributed by atoms with E-state index in [9.17, 15) is 9.59 Å². The quantitative estimate of drug-likeness (QED) is 0.540. The van der Waals surface area contributed by atoms with Crippen LogP contribution in [0, 0.1) is 0 Å². The molecule has 0 aliphatic heterocycles. The van der Waals surface area contributed by atoms with Gasteiger partial charge in [0.25, 0.3) is 11.8 Å². The maximum atomic E-state index is 12.3. The number of hydrazine groups is 1. The molecule has 0 unspecified atom stereocenters. The second-order valence-corrected chi connectivity index (χ2v) is 8.00. The van der Waals surface area contributed by atoms with E-state index in [1.165, 1.54) is 5.56 Å². The van der Waals surface area contributed by atoms with Crippen LogP contribution >= 0.6 is 0 Å². The second-order valence-electron chi connectivity index (χ2n) is 8.00. The van der Waals surface area contributed by atoms with Crippen molar-refractivity contribution in [3.8, 4) is 16.9 Å². The van der Waals surface area contributed by atoms with Gasteiger partial charge in [-0.15, -0.1) is 0 Å². The minimum atomic E-state index is -0.438. The molecule has 31 heavy (non-hydrogen) atoms. The minimum absolute atomic E-state index is 0.0967. The molecule has 2 amide bonds. The first kappa shape index (κ1) is 22.1. The van der Waals surface area contributed by atoms with Crippen LogP contribution in [0.15, 0.2) is 78.9 Å². The number of hydrogen-bond acceptors (Lipinski definition) is 3. The largest absolute Gasteiger partial charge is 0.484 e. The topological polar surface area (TPSA) is 67.4 Å². The van der Waals surface area contributed by atoms with Crippen molar-refractivity contribution in [3.05, 3.63) is 90.0 Å². The number of nitrogens with one attached hydrogen (secondary N) is 2. The molecule has 0 aliphatic carbocycles. The minimum Gasteiger partial charge on any atom is -0.484 e. The Morgan fingerprint density at radius 3 is 2.03 bits per heavy atom. The molecule has 0 saturated carbocycles. The summed E-state index contributed by atoms with van der Waals surface area (Å²) in [5, 5.41) is 0. The molecule has 0 aliphatic rings. The Hall–Kier alpha value is -3.60. The maximum absolute atomic E-state index is 12.3. The van der Waals surface area contributed by atoms with Gasteiger partial charge in [-0.1, -0.05) is 75.4 Å². The molecule has 0 heterocycles. The van der Waals surface area contributed by atoms with Crippen molar-refractivity contribution < 1.29 is 14.3 Å². The highest BCUT2D eigenvalue weighted by Gasteiger charge is 2.17. The van der Waals surface area contributed by atoms with E-state index in [2.05, 4.69) is 31.6 Å². The summed E-state index contributed by atoms with van der Waals surface area (Å²) in [6, 6.07) is 24.8. The number of amides is 2. The van der Waals surface area contributed by atoms with Gasteiger partial charge in [0.15, 0.2) is 6.61 Å². The lowest BCUT2D eigenvalue weighted by atomic mass is 9.82. The van der Waals surface area contributed by atoms with Gasteiger partial charge in [0.05, 0.1) is 0 Å². The zero-order chi connectivity index (χ0) is 22.3. The van der Waals surface area contributed by atoms with Gasteiger partial charge >= 0.3 is 0 Å². The summed E-state index contributed by atoms with van der Waals surface area (Å²) in [5.74, 6) is -0.222. The first-order chi connectivity index (χ1) is 14.9. The molecule has 2 N–H and O–H groups in total. The fourth-order valence-electron chi connectivity index (χ4n) is 3.03. The summed E-state index contributed by atoms with van der Waals surface area (Å²) in [6.45, 7) is 6.34. The summed E-state index contributed by atoms with van der Waals surface area (Å²) in [6.07, 6.45) is 1.03. The van der Waals surface area contributed by atoms with E-state index in [0.29, 0.717) is 11.3 Å². The van der Waals surface area contributed by atoms with Crippen molar-refractivity contribution in [2.75, 3.05) is 6.61 Å². The molecule has 3 aromatic rings. The highest BCUT2D eigenvalue weighted by molar-refractivity contribution is 5.95. The third-order valence-corrected chi connectivity index (χ3v) is 5.46. The third kappa shape index (κ3) is 5.95. The molecule has 0 bridgehead atoms. The number of hydrogen-bond donors (Lipinski definition) is 2. The van der Waals surface area contributed by atoms with Gasteiger partial charge in [0.1, 0.15) is 5.75 Å². The summed E-state index contributed by atoms with van der Waals surface area (Å²) < 4.78 is 5.51. The molecule has 3 rings (SSSR count). The van der Waals surface area contributed by atoms with E-state index >= 15 is 0 Å². The van der Waals surface area contributed by atoms with Crippen molar-refractivity contribution in [2.45, 2.75) is 32.6 Å². The molecule has 5 heteroatoms. The van der Waals surface area contributed by atoms with Crippen LogP contribution in [0.1, 0.15) is 43.1 Å². The summed E-state index contributed by atoms with van der Waals surface area (Å²) in [5.41, 5.74) is 8.65. The van der Waals surface area contributed by atoms with E-state index in [-0.39, 0.29) is 17.9 Å². The predicted octanol–water partition coefficient (Wildman–Crippen LogP) is 4.88. The molecule has 0 saturated heterocycles. The fourth-order valence-corrected chi connectivity index (χ4v) is 3.03. The lowest BCUT2D eigenvalue weighted by molar-refractivity contribution is -0.123. The monoisotopic (exact) mass is 416 g/mol. The van der Waals surface area contributed by atoms with Crippen molar-refractivity contribution in [3.63, 3.8) is 0 Å². The first-order valence-corrected chi connectivity index (χ1v) is 10.4. The molecular formula is C26H28N2O3. The van der Waals surface area contributed by atoms with Crippen molar-refractivity contribution >= 4 is 11.8 Å². The molecule has 5 nitrogen and oxygen atoms in total. The van der Waals surface area contributed by atoms with Crippen LogP contribution in [-0.4, -0.2) is 18.4 Å². The molecule has 0 aromatic heterocycles. The number of carbonyl (C=O) groups excluding carboxylic acids is 2. The van der Waals surface area contributed by atoms with Crippen LogP contribution in [0.4, 0.5) is 0 Å². The predicted molar refractivity (Wildman–Crippen MR) is 123 cm³/mol. The van der Waals surface area contributed by atoms with Gasteiger partial charge in [-0.2, -0.15) is 0 Å². The van der Waals surface area contributed by atoms with Gasteiger partial charge in [0.2, 0.25) is 0 Å². The highest BCUT2D eigenvalue weighted by atomic mass is 16.5. The fraction of sp³-hybridized carbons (Fsp3) is 0.231. The Balaban J connectivity index is 1.46. The SMILES string of the molecule is CCC(C)(C)c1ccc(OCC(=O)NNC(=O)c2ccc(-c3ccccc3)cc2)cc1. The zero-order valence-corrected chi connectivity index (χ0v) is 18.1. The highest BCUT2D eigenvalue weighted by Crippen LogP contribution is 2.28. The Kier molecular flexibility index (Phi) is 7.08. The normalized spacial score (nSPS) is 10.9. The average Bonchev–Trinajstić information content (AvgIpc) is 2.82. The number of ether oxygens (including phenoxy) is 1. The molecule has 3 aromatic carbocycles. The van der Waals surface area contributed by atoms with Crippen LogP contribution < -0.4 is 15.6 Å². The van der Waals surface area contributed by atoms with E-state index in [1.807, 2.05) is 66.7 Å². The Morgan fingerprint density at radius 1 is 0.806 bits per heavy atom. The summed E-state index contributed by atoms with van der Waals surface area (Å²) in [7, 11) is 0. The number of benzene rings is 3. The summed E-state index contributed by atoms with van der Waals surface area (Å²) >= 11 is 0. The second kappa shape index (κ2) is 9.94. The Morgan fingerprint density at radius 2 is 1.42 bits per heavy atom. The standard InChI is InChI=1S/C26H28N2O3/c1-4-26(2,3)22-14-16-23(17-15-22)31-18-24(29)27-28-25(30)21-12-10-20(11-13-21)19-8-6-5-7-9-19/h5-17H,4,18H2,1-3H3,(H,27,29)(H,28,30). The van der Waals surface area contributed by atoms with E-state index in [0.717, 1.165) is 17.5 Å². The van der Waals surface area contributed by atoms with Crippen LogP contribution in [0.3, 0.4) is 0 Å². The first-order valence-electron chi connectivity index (χ1n) is 10.4. The molecule has 0 fully saturated rings. The molecule has 0 radical (unpaired) electrons. The van der Waals surface area contributed by atoms with Gasteiger partial charge in [0, 0.05) is 5.56 Å². The van der Waals surface area contributed by atoms with Gasteiger partial charge in [-0.3, -0.25) is 20.4 Å². The van der Waals surface area contributed by atoms with E-state index < -0.39 is 5.91 Å². The molecule has 0 atom stereocenters. The Bertz CT molecular complexity index is 1010.